The Morgan fingerprint density at radius 2 is 1.27 bits per heavy atom. The Kier molecular flexibility index (Phi) is 5.55. The number of nitrogens with zero attached hydrogens (tertiary/aromatic N) is 3. The number of aromatic nitrogens is 3. The molecule has 9 aromatic rings. The van der Waals surface area contributed by atoms with Crippen molar-refractivity contribution in [3.63, 3.8) is 0 Å². The van der Waals surface area contributed by atoms with Gasteiger partial charge < -0.3 is 4.74 Å². The van der Waals surface area contributed by atoms with Gasteiger partial charge in [-0.15, -0.1) is 11.3 Å². The molecule has 0 aliphatic heterocycles. The molecule has 5 heteroatoms. The number of fused-ring (bicyclic) bond motifs is 10. The van der Waals surface area contributed by atoms with Gasteiger partial charge in [-0.1, -0.05) is 103 Å². The van der Waals surface area contributed by atoms with Crippen molar-refractivity contribution in [2.45, 2.75) is 0 Å². The predicted molar refractivity (Wildman–Crippen MR) is 184 cm³/mol. The number of thiophene rings is 1. The molecule has 0 N–H and O–H groups in total. The molecule has 0 bridgehead atoms. The summed E-state index contributed by atoms with van der Waals surface area (Å²) in [5.41, 5.74) is 5.18. The van der Waals surface area contributed by atoms with E-state index >= 15 is 0 Å². The van der Waals surface area contributed by atoms with Crippen LogP contribution in [0.25, 0.3) is 81.2 Å². The average molecular weight is 584 g/mol. The molecule has 6 aromatic carbocycles. The summed E-state index contributed by atoms with van der Waals surface area (Å²) >= 11 is 1.85. The molecule has 0 saturated heterocycles. The molecule has 0 saturated carbocycles. The minimum atomic E-state index is 0.698. The molecule has 3 heterocycles. The van der Waals surface area contributed by atoms with Gasteiger partial charge >= 0.3 is 0 Å². The van der Waals surface area contributed by atoms with Gasteiger partial charge in [0.15, 0.2) is 5.82 Å². The van der Waals surface area contributed by atoms with E-state index in [1.807, 2.05) is 35.6 Å². The summed E-state index contributed by atoms with van der Waals surface area (Å²) < 4.78 is 10.6. The summed E-state index contributed by atoms with van der Waals surface area (Å²) in [6.45, 7) is 0. The first-order valence-electron chi connectivity index (χ1n) is 14.6. The normalized spacial score (nSPS) is 11.8. The first kappa shape index (κ1) is 25.0. The Labute approximate surface area is 257 Å². The fraction of sp³-hybridized carbons (Fsp3) is 0.0256. The fourth-order valence-electron chi connectivity index (χ4n) is 6.54. The minimum absolute atomic E-state index is 0.698. The quantitative estimate of drug-likeness (QED) is 0.207. The largest absolute Gasteiger partial charge is 0.497 e. The van der Waals surface area contributed by atoms with E-state index in [1.165, 1.54) is 41.7 Å². The third kappa shape index (κ3) is 3.70. The van der Waals surface area contributed by atoms with E-state index in [2.05, 4.69) is 114 Å². The van der Waals surface area contributed by atoms with Crippen LogP contribution >= 0.6 is 11.3 Å². The van der Waals surface area contributed by atoms with Gasteiger partial charge in [0.25, 0.3) is 0 Å². The molecule has 0 fully saturated rings. The van der Waals surface area contributed by atoms with E-state index in [0.29, 0.717) is 5.82 Å². The number of hydrogen-bond acceptors (Lipinski definition) is 4. The minimum Gasteiger partial charge on any atom is -0.497 e. The van der Waals surface area contributed by atoms with Crippen LogP contribution in [0.5, 0.6) is 5.75 Å². The van der Waals surface area contributed by atoms with Crippen LogP contribution in [0.1, 0.15) is 0 Å². The first-order valence-corrected chi connectivity index (χ1v) is 15.4. The summed E-state index contributed by atoms with van der Waals surface area (Å²) in [6.07, 6.45) is 0. The second-order valence-electron chi connectivity index (χ2n) is 11.0. The molecular weight excluding hydrogens is 559 g/mol. The lowest BCUT2D eigenvalue weighted by Gasteiger charge is -2.13. The van der Waals surface area contributed by atoms with Gasteiger partial charge in [-0.05, 0) is 24.3 Å². The Morgan fingerprint density at radius 3 is 2.05 bits per heavy atom. The Bertz CT molecular complexity index is 2470. The number of hydrogen-bond donors (Lipinski definition) is 0. The summed E-state index contributed by atoms with van der Waals surface area (Å²) in [6, 6.07) is 46.6. The van der Waals surface area contributed by atoms with Crippen molar-refractivity contribution in [2.24, 2.45) is 0 Å². The zero-order valence-corrected chi connectivity index (χ0v) is 24.7. The van der Waals surface area contributed by atoms with Crippen LogP contribution in [0.4, 0.5) is 0 Å². The molecular formula is C39H25N3OS. The van der Waals surface area contributed by atoms with Crippen LogP contribution < -0.4 is 4.74 Å². The molecule has 0 aliphatic carbocycles. The highest BCUT2D eigenvalue weighted by molar-refractivity contribution is 7.27. The van der Waals surface area contributed by atoms with Crippen LogP contribution in [0, 0.1) is 0 Å². The maximum absolute atomic E-state index is 5.70. The van der Waals surface area contributed by atoms with Gasteiger partial charge in [0.1, 0.15) is 11.6 Å². The van der Waals surface area contributed by atoms with Crippen molar-refractivity contribution in [3.05, 3.63) is 133 Å². The van der Waals surface area contributed by atoms with Gasteiger partial charge in [0.05, 0.1) is 23.8 Å². The van der Waals surface area contributed by atoms with Crippen molar-refractivity contribution in [1.82, 2.24) is 14.5 Å². The van der Waals surface area contributed by atoms with Crippen molar-refractivity contribution >= 4 is 64.1 Å². The van der Waals surface area contributed by atoms with Crippen molar-refractivity contribution < 1.29 is 4.74 Å². The molecule has 0 atom stereocenters. The van der Waals surface area contributed by atoms with E-state index < -0.39 is 0 Å². The molecule has 4 nitrogen and oxygen atoms in total. The van der Waals surface area contributed by atoms with Crippen molar-refractivity contribution in [2.75, 3.05) is 7.11 Å². The maximum Gasteiger partial charge on any atom is 0.162 e. The Balaban J connectivity index is 1.49. The SMILES string of the molecule is COc1ccc2sc3c4ccccc4c4c(c5ccccc5n4-c4cc(-c5ccccc5)nc(-c5ccccc5)n4)c3c2c1. The van der Waals surface area contributed by atoms with Crippen LogP contribution in [0.15, 0.2) is 133 Å². The number of para-hydroxylation sites is 1. The monoisotopic (exact) mass is 583 g/mol. The first-order chi connectivity index (χ1) is 21.8. The summed E-state index contributed by atoms with van der Waals surface area (Å²) in [7, 11) is 1.73. The number of ether oxygens (including phenoxy) is 1. The topological polar surface area (TPSA) is 39.9 Å². The molecule has 44 heavy (non-hydrogen) atoms. The second kappa shape index (κ2) is 9.76. The third-order valence-corrected chi connectivity index (χ3v) is 9.69. The maximum atomic E-state index is 5.70. The van der Waals surface area contributed by atoms with E-state index in [-0.39, 0.29) is 0 Å². The molecule has 0 unspecified atom stereocenters. The summed E-state index contributed by atoms with van der Waals surface area (Å²) in [5.74, 6) is 2.40. The smallest absolute Gasteiger partial charge is 0.162 e. The highest BCUT2D eigenvalue weighted by Gasteiger charge is 2.23. The molecule has 9 rings (SSSR count). The average Bonchev–Trinajstić information content (AvgIpc) is 3.65. The van der Waals surface area contributed by atoms with Crippen LogP contribution in [-0.2, 0) is 0 Å². The van der Waals surface area contributed by atoms with Gasteiger partial charge in [0.2, 0.25) is 0 Å². The van der Waals surface area contributed by atoms with E-state index in [9.17, 15) is 0 Å². The number of methoxy groups -OCH3 is 1. The Morgan fingerprint density at radius 1 is 0.591 bits per heavy atom. The van der Waals surface area contributed by atoms with Gasteiger partial charge in [-0.2, -0.15) is 0 Å². The molecule has 0 radical (unpaired) electrons. The van der Waals surface area contributed by atoms with Gasteiger partial charge in [-0.3, -0.25) is 4.57 Å². The fourth-order valence-corrected chi connectivity index (χ4v) is 7.77. The lowest BCUT2D eigenvalue weighted by atomic mass is 9.99. The van der Waals surface area contributed by atoms with Crippen LogP contribution in [0.2, 0.25) is 0 Å². The van der Waals surface area contributed by atoms with Gasteiger partial charge in [-0.25, -0.2) is 9.97 Å². The van der Waals surface area contributed by atoms with E-state index in [1.54, 1.807) is 7.11 Å². The standard InChI is InChI=1S/C39H25N3OS/c1-43-26-20-21-33-30(22-26)36-35-29-18-10-11-19-32(29)42(37(35)27-16-8-9-17-28(27)38(36)44-33)34-23-31(24-12-4-2-5-13-24)40-39(41-34)25-14-6-3-7-15-25/h2-23H,1H3. The zero-order valence-electron chi connectivity index (χ0n) is 23.9. The third-order valence-electron chi connectivity index (χ3n) is 8.49. The van der Waals surface area contributed by atoms with Crippen LogP contribution in [-0.4, -0.2) is 21.6 Å². The number of rotatable bonds is 4. The molecule has 208 valence electrons. The summed E-state index contributed by atoms with van der Waals surface area (Å²) in [5, 5.41) is 7.33. The molecule has 0 amide bonds. The van der Waals surface area contributed by atoms with E-state index in [0.717, 1.165) is 39.4 Å². The highest BCUT2D eigenvalue weighted by Crippen LogP contribution is 2.48. The Hall–Kier alpha value is -5.52. The number of benzene rings is 6. The molecule has 0 aliphatic rings. The lowest BCUT2D eigenvalue weighted by molar-refractivity contribution is 0.415. The van der Waals surface area contributed by atoms with Crippen molar-refractivity contribution in [3.8, 4) is 34.2 Å². The zero-order chi connectivity index (χ0) is 29.2. The lowest BCUT2D eigenvalue weighted by Crippen LogP contribution is -2.02. The van der Waals surface area contributed by atoms with E-state index in [4.69, 9.17) is 14.7 Å². The summed E-state index contributed by atoms with van der Waals surface area (Å²) in [4.78, 5) is 10.3. The van der Waals surface area contributed by atoms with Crippen LogP contribution in [0.3, 0.4) is 0 Å². The van der Waals surface area contributed by atoms with Crippen molar-refractivity contribution in [1.29, 1.82) is 0 Å². The highest BCUT2D eigenvalue weighted by atomic mass is 32.1. The molecule has 0 spiro atoms. The van der Waals surface area contributed by atoms with Gasteiger partial charge in [0, 0.05) is 58.9 Å². The second-order valence-corrected chi connectivity index (χ2v) is 12.0. The molecule has 3 aromatic heterocycles. The predicted octanol–water partition coefficient (Wildman–Crippen LogP) is 10.4.